The van der Waals surface area contributed by atoms with Crippen LogP contribution in [-0.4, -0.2) is 40.0 Å². The van der Waals surface area contributed by atoms with E-state index >= 15 is 0 Å². The molecule has 0 heterocycles. The van der Waals surface area contributed by atoms with Crippen molar-refractivity contribution in [1.82, 2.24) is 5.32 Å². The molecule has 0 radical (unpaired) electrons. The molecule has 2 N–H and O–H groups in total. The molecular formula is C18H32N2O2. The lowest BCUT2D eigenvalue weighted by Gasteiger charge is -2.09. The Morgan fingerprint density at radius 1 is 0.864 bits per heavy atom. The maximum Gasteiger partial charge on any atom is 0.119 e. The van der Waals surface area contributed by atoms with Crippen molar-refractivity contribution in [2.45, 2.75) is 39.0 Å². The second-order valence-corrected chi connectivity index (χ2v) is 5.46. The summed E-state index contributed by atoms with van der Waals surface area (Å²) in [6, 6.07) is 8.22. The highest BCUT2D eigenvalue weighted by molar-refractivity contribution is 5.46. The van der Waals surface area contributed by atoms with Gasteiger partial charge in [-0.05, 0) is 43.7 Å². The van der Waals surface area contributed by atoms with Crippen LogP contribution >= 0.6 is 0 Å². The first-order valence-electron chi connectivity index (χ1n) is 8.53. The predicted octanol–water partition coefficient (Wildman–Crippen LogP) is 3.68. The molecule has 0 aliphatic rings. The van der Waals surface area contributed by atoms with Crippen LogP contribution in [0.5, 0.6) is 5.75 Å². The Labute approximate surface area is 135 Å². The summed E-state index contributed by atoms with van der Waals surface area (Å²) < 4.78 is 10.7. The molecule has 126 valence electrons. The molecule has 4 nitrogen and oxygen atoms in total. The monoisotopic (exact) mass is 308 g/mol. The Bertz CT molecular complexity index is 355. The third-order valence-corrected chi connectivity index (χ3v) is 3.45. The maximum atomic E-state index is 5.74. The molecule has 0 aliphatic heterocycles. The fourth-order valence-corrected chi connectivity index (χ4v) is 2.15. The lowest BCUT2D eigenvalue weighted by Crippen LogP contribution is -2.23. The standard InChI is InChI=1S/C18H32N2O2/c1-3-4-5-6-16-22-18-10-8-17(9-11-18)20-14-13-19-12-7-15-21-2/h8-11,19-20H,3-7,12-16H2,1-2H3. The van der Waals surface area contributed by atoms with E-state index in [1.54, 1.807) is 7.11 Å². The third kappa shape index (κ3) is 9.64. The van der Waals surface area contributed by atoms with Crippen molar-refractivity contribution in [3.05, 3.63) is 24.3 Å². The molecule has 0 fully saturated rings. The fraction of sp³-hybridized carbons (Fsp3) is 0.667. The number of benzene rings is 1. The van der Waals surface area contributed by atoms with Crippen LogP contribution in [0.25, 0.3) is 0 Å². The van der Waals surface area contributed by atoms with Gasteiger partial charge in [-0.15, -0.1) is 0 Å². The zero-order chi connectivity index (χ0) is 15.9. The number of unbranched alkanes of at least 4 members (excludes halogenated alkanes) is 3. The minimum atomic E-state index is 0.818. The molecule has 22 heavy (non-hydrogen) atoms. The molecule has 0 saturated heterocycles. The van der Waals surface area contributed by atoms with Gasteiger partial charge in [-0.3, -0.25) is 0 Å². The van der Waals surface area contributed by atoms with E-state index in [1.807, 2.05) is 12.1 Å². The molecular weight excluding hydrogens is 276 g/mol. The summed E-state index contributed by atoms with van der Waals surface area (Å²) in [5.41, 5.74) is 1.14. The van der Waals surface area contributed by atoms with Crippen molar-refractivity contribution in [1.29, 1.82) is 0 Å². The van der Waals surface area contributed by atoms with Gasteiger partial charge in [0, 0.05) is 32.5 Å². The number of rotatable bonds is 14. The van der Waals surface area contributed by atoms with Crippen LogP contribution in [0.2, 0.25) is 0 Å². The first kappa shape index (κ1) is 18.8. The first-order chi connectivity index (χ1) is 10.9. The van der Waals surface area contributed by atoms with E-state index in [0.717, 1.165) is 57.1 Å². The third-order valence-electron chi connectivity index (χ3n) is 3.45. The quantitative estimate of drug-likeness (QED) is 0.514. The van der Waals surface area contributed by atoms with Gasteiger partial charge < -0.3 is 20.1 Å². The van der Waals surface area contributed by atoms with Crippen molar-refractivity contribution >= 4 is 5.69 Å². The van der Waals surface area contributed by atoms with E-state index in [4.69, 9.17) is 9.47 Å². The zero-order valence-corrected chi connectivity index (χ0v) is 14.2. The van der Waals surface area contributed by atoms with E-state index in [1.165, 1.54) is 19.3 Å². The molecule has 0 atom stereocenters. The Hall–Kier alpha value is -1.26. The molecule has 0 bridgehead atoms. The summed E-state index contributed by atoms with van der Waals surface area (Å²) in [4.78, 5) is 0. The average molecular weight is 308 g/mol. The zero-order valence-electron chi connectivity index (χ0n) is 14.2. The Morgan fingerprint density at radius 3 is 2.41 bits per heavy atom. The molecule has 0 aromatic heterocycles. The van der Waals surface area contributed by atoms with Gasteiger partial charge in [-0.2, -0.15) is 0 Å². The van der Waals surface area contributed by atoms with E-state index in [2.05, 4.69) is 29.7 Å². The number of nitrogens with one attached hydrogen (secondary N) is 2. The van der Waals surface area contributed by atoms with Gasteiger partial charge in [0.25, 0.3) is 0 Å². The Kier molecular flexibility index (Phi) is 11.4. The van der Waals surface area contributed by atoms with E-state index in [0.29, 0.717) is 0 Å². The summed E-state index contributed by atoms with van der Waals surface area (Å²) in [5.74, 6) is 0.958. The highest BCUT2D eigenvalue weighted by Gasteiger charge is 1.96. The molecule has 0 saturated carbocycles. The number of methoxy groups -OCH3 is 1. The van der Waals surface area contributed by atoms with E-state index in [-0.39, 0.29) is 0 Å². The Morgan fingerprint density at radius 2 is 1.68 bits per heavy atom. The van der Waals surface area contributed by atoms with Gasteiger partial charge in [-0.25, -0.2) is 0 Å². The molecule has 4 heteroatoms. The van der Waals surface area contributed by atoms with Gasteiger partial charge in [0.15, 0.2) is 0 Å². The summed E-state index contributed by atoms with van der Waals surface area (Å²) >= 11 is 0. The van der Waals surface area contributed by atoms with Crippen LogP contribution in [0, 0.1) is 0 Å². The highest BCUT2D eigenvalue weighted by atomic mass is 16.5. The van der Waals surface area contributed by atoms with Crippen LogP contribution in [0.3, 0.4) is 0 Å². The molecule has 0 spiro atoms. The van der Waals surface area contributed by atoms with E-state index < -0.39 is 0 Å². The average Bonchev–Trinajstić information content (AvgIpc) is 2.55. The largest absolute Gasteiger partial charge is 0.494 e. The number of hydrogen-bond donors (Lipinski definition) is 2. The molecule has 1 aromatic carbocycles. The fourth-order valence-electron chi connectivity index (χ4n) is 2.15. The first-order valence-corrected chi connectivity index (χ1v) is 8.53. The predicted molar refractivity (Wildman–Crippen MR) is 93.9 cm³/mol. The summed E-state index contributed by atoms with van der Waals surface area (Å²) in [6.07, 6.45) is 6.02. The van der Waals surface area contributed by atoms with Crippen LogP contribution in [0.1, 0.15) is 39.0 Å². The van der Waals surface area contributed by atoms with Gasteiger partial charge in [0.05, 0.1) is 6.61 Å². The molecule has 1 rings (SSSR count). The number of ether oxygens (including phenoxy) is 2. The number of hydrogen-bond acceptors (Lipinski definition) is 4. The lowest BCUT2D eigenvalue weighted by molar-refractivity contribution is 0.194. The lowest BCUT2D eigenvalue weighted by atomic mass is 10.2. The maximum absolute atomic E-state index is 5.74. The van der Waals surface area contributed by atoms with Crippen molar-refractivity contribution in [2.24, 2.45) is 0 Å². The summed E-state index contributed by atoms with van der Waals surface area (Å²) in [5, 5.41) is 6.78. The topological polar surface area (TPSA) is 42.5 Å². The van der Waals surface area contributed by atoms with Crippen LogP contribution in [0.15, 0.2) is 24.3 Å². The molecule has 1 aromatic rings. The second-order valence-electron chi connectivity index (χ2n) is 5.46. The van der Waals surface area contributed by atoms with Crippen molar-refractivity contribution in [3.63, 3.8) is 0 Å². The normalized spacial score (nSPS) is 10.6. The minimum Gasteiger partial charge on any atom is -0.494 e. The highest BCUT2D eigenvalue weighted by Crippen LogP contribution is 2.15. The number of anilines is 1. The Balaban J connectivity index is 2.06. The van der Waals surface area contributed by atoms with Gasteiger partial charge in [-0.1, -0.05) is 26.2 Å². The van der Waals surface area contributed by atoms with Crippen molar-refractivity contribution < 1.29 is 9.47 Å². The SMILES string of the molecule is CCCCCCOc1ccc(NCCNCCCOC)cc1. The van der Waals surface area contributed by atoms with Gasteiger partial charge in [0.1, 0.15) is 5.75 Å². The van der Waals surface area contributed by atoms with Crippen LogP contribution in [-0.2, 0) is 4.74 Å². The van der Waals surface area contributed by atoms with Crippen LogP contribution < -0.4 is 15.4 Å². The van der Waals surface area contributed by atoms with Crippen molar-refractivity contribution in [2.75, 3.05) is 45.3 Å². The molecule has 0 amide bonds. The summed E-state index contributed by atoms with van der Waals surface area (Å²) in [7, 11) is 1.74. The van der Waals surface area contributed by atoms with Gasteiger partial charge in [0.2, 0.25) is 0 Å². The van der Waals surface area contributed by atoms with Gasteiger partial charge >= 0.3 is 0 Å². The van der Waals surface area contributed by atoms with E-state index in [9.17, 15) is 0 Å². The smallest absolute Gasteiger partial charge is 0.119 e. The molecule has 0 unspecified atom stereocenters. The second kappa shape index (κ2) is 13.4. The minimum absolute atomic E-state index is 0.818. The summed E-state index contributed by atoms with van der Waals surface area (Å²) in [6.45, 7) is 6.74. The molecule has 0 aliphatic carbocycles. The van der Waals surface area contributed by atoms with Crippen molar-refractivity contribution in [3.8, 4) is 5.75 Å². The van der Waals surface area contributed by atoms with Crippen LogP contribution in [0.4, 0.5) is 5.69 Å².